The number of aryl methyl sites for hydroxylation is 1. The van der Waals surface area contributed by atoms with E-state index in [4.69, 9.17) is 0 Å². The lowest BCUT2D eigenvalue weighted by Gasteiger charge is -2.10. The average molecular weight is 282 g/mol. The molecule has 0 unspecified atom stereocenters. The van der Waals surface area contributed by atoms with Crippen LogP contribution in [0.4, 0.5) is 4.39 Å². The van der Waals surface area contributed by atoms with Crippen molar-refractivity contribution in [1.82, 2.24) is 9.88 Å². The monoisotopic (exact) mass is 282 g/mol. The molecular weight excluding hydrogens is 263 g/mol. The summed E-state index contributed by atoms with van der Waals surface area (Å²) in [6, 6.07) is 13.5. The molecule has 3 rings (SSSR count). The predicted octanol–water partition coefficient (Wildman–Crippen LogP) is 3.86. The van der Waals surface area contributed by atoms with Crippen molar-refractivity contribution in [3.63, 3.8) is 0 Å². The molecular formula is C18H19FN2. The molecule has 0 aliphatic carbocycles. The number of hydrogen-bond donors (Lipinski definition) is 1. The third-order valence-electron chi connectivity index (χ3n) is 3.87. The molecule has 0 saturated carbocycles. The summed E-state index contributed by atoms with van der Waals surface area (Å²) in [4.78, 5) is 0. The number of fused-ring (bicyclic) bond motifs is 1. The van der Waals surface area contributed by atoms with Crippen molar-refractivity contribution < 1.29 is 4.39 Å². The highest BCUT2D eigenvalue weighted by Gasteiger charge is 2.06. The summed E-state index contributed by atoms with van der Waals surface area (Å²) < 4.78 is 15.6. The van der Waals surface area contributed by atoms with Crippen molar-refractivity contribution in [2.45, 2.75) is 20.0 Å². The van der Waals surface area contributed by atoms with Crippen molar-refractivity contribution >= 4 is 10.9 Å². The molecule has 0 radical (unpaired) electrons. The van der Waals surface area contributed by atoms with Gasteiger partial charge in [-0.05, 0) is 60.3 Å². The molecule has 2 aromatic carbocycles. The Bertz CT molecular complexity index is 774. The van der Waals surface area contributed by atoms with Crippen LogP contribution in [0.2, 0.25) is 0 Å². The van der Waals surface area contributed by atoms with E-state index in [1.807, 2.05) is 20.0 Å². The van der Waals surface area contributed by atoms with Crippen LogP contribution >= 0.6 is 0 Å². The summed E-state index contributed by atoms with van der Waals surface area (Å²) in [5.41, 5.74) is 4.57. The Balaban J connectivity index is 2.00. The van der Waals surface area contributed by atoms with Crippen LogP contribution in [0, 0.1) is 12.7 Å². The minimum atomic E-state index is -0.178. The molecule has 0 bridgehead atoms. The van der Waals surface area contributed by atoms with Crippen LogP contribution in [0.15, 0.2) is 48.7 Å². The van der Waals surface area contributed by atoms with Crippen molar-refractivity contribution in [1.29, 1.82) is 0 Å². The molecule has 1 aromatic heterocycles. The van der Waals surface area contributed by atoms with E-state index in [2.05, 4.69) is 40.3 Å². The minimum Gasteiger partial charge on any atom is -0.343 e. The molecule has 0 fully saturated rings. The highest BCUT2D eigenvalue weighted by atomic mass is 19.1. The fourth-order valence-corrected chi connectivity index (χ4v) is 2.68. The quantitative estimate of drug-likeness (QED) is 0.769. The smallest absolute Gasteiger partial charge is 0.123 e. The Morgan fingerprint density at radius 3 is 2.76 bits per heavy atom. The van der Waals surface area contributed by atoms with Crippen LogP contribution in [-0.2, 0) is 13.1 Å². The SMILES string of the molecule is CNCc1ccc2ccn(Cc3cc(F)ccc3C)c2c1. The van der Waals surface area contributed by atoms with Crippen molar-refractivity contribution in [2.24, 2.45) is 0 Å². The molecule has 0 amide bonds. The zero-order valence-electron chi connectivity index (χ0n) is 12.4. The molecule has 0 spiro atoms. The molecule has 0 saturated heterocycles. The van der Waals surface area contributed by atoms with Crippen molar-refractivity contribution in [3.8, 4) is 0 Å². The molecule has 0 aliphatic heterocycles. The predicted molar refractivity (Wildman–Crippen MR) is 84.9 cm³/mol. The van der Waals surface area contributed by atoms with E-state index in [1.54, 1.807) is 6.07 Å². The topological polar surface area (TPSA) is 17.0 Å². The first kappa shape index (κ1) is 13.8. The largest absolute Gasteiger partial charge is 0.343 e. The molecule has 108 valence electrons. The fraction of sp³-hybridized carbons (Fsp3) is 0.222. The molecule has 2 nitrogen and oxygen atoms in total. The molecule has 0 atom stereocenters. The van der Waals surface area contributed by atoms with Gasteiger partial charge in [-0.3, -0.25) is 0 Å². The number of nitrogens with one attached hydrogen (secondary N) is 1. The second-order valence-corrected chi connectivity index (χ2v) is 5.44. The second kappa shape index (κ2) is 5.70. The van der Waals surface area contributed by atoms with Crippen LogP contribution in [-0.4, -0.2) is 11.6 Å². The fourth-order valence-electron chi connectivity index (χ4n) is 2.68. The van der Waals surface area contributed by atoms with Gasteiger partial charge in [0.25, 0.3) is 0 Å². The Morgan fingerprint density at radius 2 is 1.95 bits per heavy atom. The van der Waals surface area contributed by atoms with Gasteiger partial charge in [-0.15, -0.1) is 0 Å². The molecule has 0 aliphatic rings. The molecule has 1 N–H and O–H groups in total. The van der Waals surface area contributed by atoms with E-state index in [0.29, 0.717) is 6.54 Å². The second-order valence-electron chi connectivity index (χ2n) is 5.44. The zero-order chi connectivity index (χ0) is 14.8. The molecule has 3 heteroatoms. The van der Waals surface area contributed by atoms with Crippen LogP contribution in [0.25, 0.3) is 10.9 Å². The number of hydrogen-bond acceptors (Lipinski definition) is 1. The van der Waals surface area contributed by atoms with Crippen LogP contribution in [0.5, 0.6) is 0 Å². The lowest BCUT2D eigenvalue weighted by Crippen LogP contribution is -2.05. The van der Waals surface area contributed by atoms with E-state index in [0.717, 1.165) is 17.7 Å². The Labute approximate surface area is 124 Å². The lowest BCUT2D eigenvalue weighted by atomic mass is 10.1. The maximum Gasteiger partial charge on any atom is 0.123 e. The first-order valence-corrected chi connectivity index (χ1v) is 7.15. The Hall–Kier alpha value is -2.13. The normalized spacial score (nSPS) is 11.2. The van der Waals surface area contributed by atoms with Crippen LogP contribution in [0.1, 0.15) is 16.7 Å². The molecule has 1 heterocycles. The third kappa shape index (κ3) is 2.83. The summed E-state index contributed by atoms with van der Waals surface area (Å²) in [5.74, 6) is -0.178. The Morgan fingerprint density at radius 1 is 1.10 bits per heavy atom. The molecule has 3 aromatic rings. The van der Waals surface area contributed by atoms with Gasteiger partial charge >= 0.3 is 0 Å². The number of aromatic nitrogens is 1. The van der Waals surface area contributed by atoms with Gasteiger partial charge in [0.1, 0.15) is 5.82 Å². The molecule has 21 heavy (non-hydrogen) atoms. The highest BCUT2D eigenvalue weighted by Crippen LogP contribution is 2.20. The standard InChI is InChI=1S/C18H19FN2/c1-13-3-6-17(19)10-16(13)12-21-8-7-15-5-4-14(11-20-2)9-18(15)21/h3-10,20H,11-12H2,1-2H3. The first-order chi connectivity index (χ1) is 10.2. The van der Waals surface area contributed by atoms with Gasteiger partial charge in [0.15, 0.2) is 0 Å². The third-order valence-corrected chi connectivity index (χ3v) is 3.87. The van der Waals surface area contributed by atoms with Crippen LogP contribution < -0.4 is 5.32 Å². The summed E-state index contributed by atoms with van der Waals surface area (Å²) in [5, 5.41) is 4.38. The Kier molecular flexibility index (Phi) is 3.76. The number of rotatable bonds is 4. The van der Waals surface area contributed by atoms with E-state index in [1.165, 1.54) is 22.5 Å². The van der Waals surface area contributed by atoms with Gasteiger partial charge in [-0.1, -0.05) is 18.2 Å². The minimum absolute atomic E-state index is 0.178. The summed E-state index contributed by atoms with van der Waals surface area (Å²) in [7, 11) is 1.94. The number of nitrogens with zero attached hydrogens (tertiary/aromatic N) is 1. The van der Waals surface area contributed by atoms with E-state index >= 15 is 0 Å². The maximum atomic E-state index is 13.4. The van der Waals surface area contributed by atoms with Crippen molar-refractivity contribution in [2.75, 3.05) is 7.05 Å². The van der Waals surface area contributed by atoms with Gasteiger partial charge in [-0.2, -0.15) is 0 Å². The summed E-state index contributed by atoms with van der Waals surface area (Å²) >= 11 is 0. The van der Waals surface area contributed by atoms with Crippen LogP contribution in [0.3, 0.4) is 0 Å². The van der Waals surface area contributed by atoms with Gasteiger partial charge in [0, 0.05) is 24.8 Å². The van der Waals surface area contributed by atoms with Crippen molar-refractivity contribution in [3.05, 3.63) is 71.2 Å². The average Bonchev–Trinajstić information content (AvgIpc) is 2.86. The number of benzene rings is 2. The zero-order valence-corrected chi connectivity index (χ0v) is 12.4. The maximum absolute atomic E-state index is 13.4. The van der Waals surface area contributed by atoms with E-state index in [9.17, 15) is 4.39 Å². The van der Waals surface area contributed by atoms with E-state index < -0.39 is 0 Å². The lowest BCUT2D eigenvalue weighted by molar-refractivity contribution is 0.623. The van der Waals surface area contributed by atoms with Gasteiger partial charge in [0.05, 0.1) is 0 Å². The summed E-state index contributed by atoms with van der Waals surface area (Å²) in [6.07, 6.45) is 2.07. The van der Waals surface area contributed by atoms with Gasteiger partial charge in [-0.25, -0.2) is 4.39 Å². The summed E-state index contributed by atoms with van der Waals surface area (Å²) in [6.45, 7) is 3.56. The number of halogens is 1. The first-order valence-electron chi connectivity index (χ1n) is 7.15. The van der Waals surface area contributed by atoms with E-state index in [-0.39, 0.29) is 5.82 Å². The highest BCUT2D eigenvalue weighted by molar-refractivity contribution is 5.81. The van der Waals surface area contributed by atoms with Gasteiger partial charge in [0.2, 0.25) is 0 Å². The van der Waals surface area contributed by atoms with Gasteiger partial charge < -0.3 is 9.88 Å².